The third kappa shape index (κ3) is 3.33. The van der Waals surface area contributed by atoms with Crippen LogP contribution in [0.15, 0.2) is 36.5 Å². The molecule has 4 rings (SSSR count). The molecule has 6 heteroatoms. The average Bonchev–Trinajstić information content (AvgIpc) is 3.18. The summed E-state index contributed by atoms with van der Waals surface area (Å²) in [6.45, 7) is 2.05. The lowest BCUT2D eigenvalue weighted by Crippen LogP contribution is -2.02. The van der Waals surface area contributed by atoms with E-state index in [1.54, 1.807) is 11.3 Å². The van der Waals surface area contributed by atoms with Crippen molar-refractivity contribution >= 4 is 23.1 Å². The Labute approximate surface area is 144 Å². The van der Waals surface area contributed by atoms with Crippen LogP contribution in [0.2, 0.25) is 0 Å². The second-order valence-electron chi connectivity index (χ2n) is 5.74. The van der Waals surface area contributed by atoms with Gasteiger partial charge in [-0.15, -0.1) is 33.3 Å². The normalized spacial score (nSPS) is 14.3. The molecule has 0 atom stereocenters. The van der Waals surface area contributed by atoms with E-state index >= 15 is 0 Å². The molecular formula is C17H18N4S2. The van der Waals surface area contributed by atoms with E-state index < -0.39 is 0 Å². The summed E-state index contributed by atoms with van der Waals surface area (Å²) < 4.78 is 2.31. The molecule has 1 fully saturated rings. The minimum atomic E-state index is 0.644. The van der Waals surface area contributed by atoms with Crippen molar-refractivity contribution in [2.75, 3.05) is 0 Å². The Balaban J connectivity index is 1.38. The van der Waals surface area contributed by atoms with Gasteiger partial charge in [0.2, 0.25) is 0 Å². The molecule has 0 bridgehead atoms. The van der Waals surface area contributed by atoms with E-state index in [9.17, 15) is 0 Å². The third-order valence-electron chi connectivity index (χ3n) is 3.92. The van der Waals surface area contributed by atoms with Crippen molar-refractivity contribution in [2.45, 2.75) is 37.3 Å². The van der Waals surface area contributed by atoms with Crippen molar-refractivity contribution in [3.8, 4) is 10.4 Å². The number of aryl methyl sites for hydroxylation is 1. The van der Waals surface area contributed by atoms with Crippen LogP contribution in [0, 0.1) is 6.92 Å². The minimum absolute atomic E-state index is 0.644. The van der Waals surface area contributed by atoms with E-state index in [0.29, 0.717) is 6.04 Å². The van der Waals surface area contributed by atoms with Crippen LogP contribution in [-0.2, 0) is 11.5 Å². The average molecular weight is 342 g/mol. The Hall–Kier alpha value is -1.66. The van der Waals surface area contributed by atoms with Gasteiger partial charge < -0.3 is 4.57 Å². The van der Waals surface area contributed by atoms with Crippen LogP contribution in [0.4, 0.5) is 0 Å². The largest absolute Gasteiger partial charge is 0.311 e. The molecule has 0 saturated heterocycles. The first kappa shape index (κ1) is 14.9. The van der Waals surface area contributed by atoms with Gasteiger partial charge in [0.1, 0.15) is 16.7 Å². The van der Waals surface area contributed by atoms with Crippen LogP contribution in [0.5, 0.6) is 0 Å². The Bertz CT molecular complexity index is 790. The summed E-state index contributed by atoms with van der Waals surface area (Å²) in [5.74, 6) is 3.98. The zero-order valence-electron chi connectivity index (χ0n) is 13.0. The van der Waals surface area contributed by atoms with Gasteiger partial charge in [0.15, 0.2) is 0 Å². The summed E-state index contributed by atoms with van der Waals surface area (Å²) in [5, 5.41) is 9.74. The topological polar surface area (TPSA) is 43.6 Å². The minimum Gasteiger partial charge on any atom is -0.311 e. The van der Waals surface area contributed by atoms with Gasteiger partial charge >= 0.3 is 0 Å². The fraction of sp³-hybridized carbons (Fsp3) is 0.353. The van der Waals surface area contributed by atoms with E-state index in [-0.39, 0.29) is 0 Å². The van der Waals surface area contributed by atoms with Gasteiger partial charge in [0.25, 0.3) is 0 Å². The number of thiazole rings is 1. The van der Waals surface area contributed by atoms with Gasteiger partial charge in [-0.3, -0.25) is 0 Å². The van der Waals surface area contributed by atoms with Crippen molar-refractivity contribution in [1.82, 2.24) is 19.7 Å². The molecular weight excluding hydrogens is 324 g/mol. The molecule has 118 valence electrons. The highest BCUT2D eigenvalue weighted by Crippen LogP contribution is 2.37. The number of benzene rings is 1. The fourth-order valence-electron chi connectivity index (χ4n) is 2.66. The molecule has 4 nitrogen and oxygen atoms in total. The second-order valence-corrected chi connectivity index (χ2v) is 7.84. The molecule has 1 aliphatic carbocycles. The Morgan fingerprint density at radius 1 is 1.17 bits per heavy atom. The van der Waals surface area contributed by atoms with Gasteiger partial charge in [0, 0.05) is 18.0 Å². The first-order valence-electron chi connectivity index (χ1n) is 7.79. The number of hydrogen-bond donors (Lipinski definition) is 0. The lowest BCUT2D eigenvalue weighted by Gasteiger charge is -2.05. The number of rotatable bonds is 6. The molecule has 1 aromatic carbocycles. The van der Waals surface area contributed by atoms with E-state index in [4.69, 9.17) is 0 Å². The number of hydrogen-bond acceptors (Lipinski definition) is 5. The Morgan fingerprint density at radius 2 is 2.00 bits per heavy atom. The van der Waals surface area contributed by atoms with Gasteiger partial charge in [0.05, 0.1) is 10.6 Å². The van der Waals surface area contributed by atoms with Gasteiger partial charge in [-0.05, 0) is 25.3 Å². The van der Waals surface area contributed by atoms with Crippen LogP contribution in [-0.4, -0.2) is 19.7 Å². The summed E-state index contributed by atoms with van der Waals surface area (Å²) in [6.07, 6.45) is 4.51. The predicted octanol–water partition coefficient (Wildman–Crippen LogP) is 4.48. The van der Waals surface area contributed by atoms with Crippen molar-refractivity contribution < 1.29 is 0 Å². The highest BCUT2D eigenvalue weighted by Gasteiger charge is 2.27. The van der Waals surface area contributed by atoms with Crippen molar-refractivity contribution in [2.24, 2.45) is 0 Å². The zero-order valence-corrected chi connectivity index (χ0v) is 14.6. The van der Waals surface area contributed by atoms with Crippen LogP contribution < -0.4 is 0 Å². The summed E-state index contributed by atoms with van der Waals surface area (Å²) in [4.78, 5) is 5.79. The van der Waals surface area contributed by atoms with Gasteiger partial charge in [-0.25, -0.2) is 4.98 Å². The molecule has 0 N–H and O–H groups in total. The summed E-state index contributed by atoms with van der Waals surface area (Å²) in [6, 6.07) is 11.1. The van der Waals surface area contributed by atoms with Crippen LogP contribution in [0.25, 0.3) is 10.4 Å². The molecule has 2 heterocycles. The maximum Gasteiger partial charge on any atom is 0.143 e. The molecule has 3 aromatic rings. The predicted molar refractivity (Wildman–Crippen MR) is 95.6 cm³/mol. The summed E-state index contributed by atoms with van der Waals surface area (Å²) in [7, 11) is 0. The number of aromatic nitrogens is 4. The maximum absolute atomic E-state index is 4.55. The molecule has 0 radical (unpaired) electrons. The second kappa shape index (κ2) is 6.45. The smallest absolute Gasteiger partial charge is 0.143 e. The van der Waals surface area contributed by atoms with E-state index in [1.165, 1.54) is 28.3 Å². The standard InChI is InChI=1S/C17H18N4S2/c1-12-19-20-16(21(12)14-7-8-14)10-22-11-17-18-9-15(23-17)13-5-3-2-4-6-13/h2-6,9,14H,7-8,10-11H2,1H3. The van der Waals surface area contributed by atoms with Crippen molar-refractivity contribution in [1.29, 1.82) is 0 Å². The zero-order chi connectivity index (χ0) is 15.6. The molecule has 1 aliphatic rings. The van der Waals surface area contributed by atoms with E-state index in [0.717, 1.165) is 23.2 Å². The summed E-state index contributed by atoms with van der Waals surface area (Å²) in [5.41, 5.74) is 1.24. The summed E-state index contributed by atoms with van der Waals surface area (Å²) >= 11 is 3.64. The fourth-order valence-corrected chi connectivity index (χ4v) is 4.60. The lowest BCUT2D eigenvalue weighted by molar-refractivity contribution is 0.683. The van der Waals surface area contributed by atoms with Gasteiger partial charge in [-0.1, -0.05) is 30.3 Å². The molecule has 2 aromatic heterocycles. The van der Waals surface area contributed by atoms with Crippen molar-refractivity contribution in [3.05, 3.63) is 53.2 Å². The molecule has 0 spiro atoms. The first-order valence-corrected chi connectivity index (χ1v) is 9.76. The Morgan fingerprint density at radius 3 is 2.78 bits per heavy atom. The Kier molecular flexibility index (Phi) is 4.18. The van der Waals surface area contributed by atoms with Crippen LogP contribution >= 0.6 is 23.1 Å². The third-order valence-corrected chi connectivity index (χ3v) is 6.09. The highest BCUT2D eigenvalue weighted by molar-refractivity contribution is 7.97. The first-order chi connectivity index (χ1) is 11.3. The van der Waals surface area contributed by atoms with E-state index in [1.807, 2.05) is 30.9 Å². The molecule has 0 aliphatic heterocycles. The maximum atomic E-state index is 4.55. The van der Waals surface area contributed by atoms with Crippen LogP contribution in [0.1, 0.15) is 35.5 Å². The number of nitrogens with zero attached hydrogens (tertiary/aromatic N) is 4. The molecule has 0 amide bonds. The molecule has 1 saturated carbocycles. The van der Waals surface area contributed by atoms with Gasteiger partial charge in [-0.2, -0.15) is 0 Å². The lowest BCUT2D eigenvalue weighted by atomic mass is 10.2. The monoisotopic (exact) mass is 342 g/mol. The quantitative estimate of drug-likeness (QED) is 0.662. The van der Waals surface area contributed by atoms with Crippen LogP contribution in [0.3, 0.4) is 0 Å². The number of thioether (sulfide) groups is 1. The van der Waals surface area contributed by atoms with Crippen molar-refractivity contribution in [3.63, 3.8) is 0 Å². The highest BCUT2D eigenvalue weighted by atomic mass is 32.2. The SMILES string of the molecule is Cc1nnc(CSCc2ncc(-c3ccccc3)s2)n1C1CC1. The van der Waals surface area contributed by atoms with E-state index in [2.05, 4.69) is 44.0 Å². The molecule has 0 unspecified atom stereocenters. The molecule has 23 heavy (non-hydrogen) atoms.